The fourth-order valence-electron chi connectivity index (χ4n) is 3.82. The molecule has 0 fully saturated rings. The average molecular weight is 389 g/mol. The Hall–Kier alpha value is -2.93. The van der Waals surface area contributed by atoms with Crippen LogP contribution in [0.5, 0.6) is 0 Å². The van der Waals surface area contributed by atoms with Crippen molar-refractivity contribution in [2.75, 3.05) is 5.32 Å². The highest BCUT2D eigenvalue weighted by atomic mass is 32.2. The standard InChI is InChI=1S/C21H19N5OS/c27-17-10-4-9-16-18(17)19(15-8-5-11-22-12-15)26-20(23-16)24-21(25-26)28-13-14-6-2-1-3-7-14/h1-3,5-9,11-12,18-19H,4,10,13H2,(H,23,24,25)/t18-,19-/m0/s1. The Labute approximate surface area is 167 Å². The Morgan fingerprint density at radius 3 is 2.89 bits per heavy atom. The number of nitrogens with one attached hydrogen (secondary N) is 1. The van der Waals surface area contributed by atoms with E-state index < -0.39 is 0 Å². The number of benzene rings is 1. The largest absolute Gasteiger partial charge is 0.328 e. The van der Waals surface area contributed by atoms with Gasteiger partial charge in [-0.25, -0.2) is 4.68 Å². The molecule has 0 amide bonds. The lowest BCUT2D eigenvalue weighted by Gasteiger charge is -2.35. The molecule has 7 heteroatoms. The Morgan fingerprint density at radius 2 is 2.07 bits per heavy atom. The lowest BCUT2D eigenvalue weighted by molar-refractivity contribution is -0.123. The highest BCUT2D eigenvalue weighted by Crippen LogP contribution is 2.41. The van der Waals surface area contributed by atoms with E-state index in [1.165, 1.54) is 5.56 Å². The third-order valence-corrected chi connectivity index (χ3v) is 6.03. The molecule has 2 aliphatic rings. The van der Waals surface area contributed by atoms with Crippen molar-refractivity contribution in [2.45, 2.75) is 29.8 Å². The van der Waals surface area contributed by atoms with E-state index in [0.29, 0.717) is 17.5 Å². The van der Waals surface area contributed by atoms with Crippen molar-refractivity contribution in [3.63, 3.8) is 0 Å². The van der Waals surface area contributed by atoms with Crippen molar-refractivity contribution in [1.29, 1.82) is 0 Å². The molecular weight excluding hydrogens is 370 g/mol. The normalized spacial score (nSPS) is 20.7. The van der Waals surface area contributed by atoms with Gasteiger partial charge >= 0.3 is 0 Å². The number of thioether (sulfide) groups is 1. The van der Waals surface area contributed by atoms with Gasteiger partial charge in [-0.3, -0.25) is 9.78 Å². The minimum absolute atomic E-state index is 0.220. The summed E-state index contributed by atoms with van der Waals surface area (Å²) in [6.07, 6.45) is 7.00. The quantitative estimate of drug-likeness (QED) is 0.684. The number of carbonyl (C=O) groups excluding carboxylic acids is 1. The molecule has 0 saturated heterocycles. The molecule has 1 aliphatic carbocycles. The molecule has 1 aromatic carbocycles. The smallest absolute Gasteiger partial charge is 0.227 e. The first-order valence-corrected chi connectivity index (χ1v) is 10.3. The van der Waals surface area contributed by atoms with Gasteiger partial charge in [0, 0.05) is 30.3 Å². The predicted octanol–water partition coefficient (Wildman–Crippen LogP) is 3.84. The van der Waals surface area contributed by atoms with E-state index in [9.17, 15) is 4.79 Å². The van der Waals surface area contributed by atoms with Crippen LogP contribution >= 0.6 is 11.8 Å². The third-order valence-electron chi connectivity index (χ3n) is 5.12. The topological polar surface area (TPSA) is 72.7 Å². The molecule has 1 aliphatic heterocycles. The van der Waals surface area contributed by atoms with Crippen LogP contribution in [0.25, 0.3) is 0 Å². The zero-order valence-corrected chi connectivity index (χ0v) is 16.0. The van der Waals surface area contributed by atoms with E-state index in [2.05, 4.69) is 33.5 Å². The maximum absolute atomic E-state index is 12.8. The highest BCUT2D eigenvalue weighted by Gasteiger charge is 2.41. The molecule has 5 rings (SSSR count). The molecule has 2 aromatic heterocycles. The molecule has 0 radical (unpaired) electrons. The zero-order valence-electron chi connectivity index (χ0n) is 15.2. The van der Waals surface area contributed by atoms with E-state index in [4.69, 9.17) is 5.10 Å². The number of nitrogens with zero attached hydrogens (tertiary/aromatic N) is 4. The first-order valence-electron chi connectivity index (χ1n) is 9.32. The summed E-state index contributed by atoms with van der Waals surface area (Å²) in [5.41, 5.74) is 3.13. The number of fused-ring (bicyclic) bond motifs is 2. The monoisotopic (exact) mass is 389 g/mol. The fourth-order valence-corrected chi connectivity index (χ4v) is 4.61. The van der Waals surface area contributed by atoms with E-state index in [-0.39, 0.29) is 17.7 Å². The van der Waals surface area contributed by atoms with Crippen LogP contribution in [-0.4, -0.2) is 25.5 Å². The van der Waals surface area contributed by atoms with Crippen molar-refractivity contribution in [3.05, 3.63) is 77.8 Å². The summed E-state index contributed by atoms with van der Waals surface area (Å²) in [4.78, 5) is 21.7. The molecule has 6 nitrogen and oxygen atoms in total. The van der Waals surface area contributed by atoms with Gasteiger partial charge in [0.1, 0.15) is 5.78 Å². The Kier molecular flexibility index (Phi) is 4.44. The van der Waals surface area contributed by atoms with E-state index in [1.807, 2.05) is 41.2 Å². The van der Waals surface area contributed by atoms with Crippen molar-refractivity contribution < 1.29 is 4.79 Å². The third kappa shape index (κ3) is 3.11. The number of Topliss-reactive ketones (excluding diaryl/α,β-unsaturated/α-hetero) is 1. The summed E-state index contributed by atoms with van der Waals surface area (Å²) in [5.74, 6) is 1.45. The van der Waals surface area contributed by atoms with Gasteiger partial charge in [0.15, 0.2) is 0 Å². The van der Waals surface area contributed by atoms with Crippen molar-refractivity contribution in [2.24, 2.45) is 5.92 Å². The van der Waals surface area contributed by atoms with Crippen LogP contribution in [-0.2, 0) is 10.5 Å². The maximum atomic E-state index is 12.8. The summed E-state index contributed by atoms with van der Waals surface area (Å²) in [6.45, 7) is 0. The van der Waals surface area contributed by atoms with Crippen molar-refractivity contribution in [1.82, 2.24) is 19.7 Å². The number of ketones is 1. The second-order valence-electron chi connectivity index (χ2n) is 6.94. The number of aromatic nitrogens is 4. The molecule has 0 unspecified atom stereocenters. The number of hydrogen-bond acceptors (Lipinski definition) is 6. The van der Waals surface area contributed by atoms with Gasteiger partial charge in [0.2, 0.25) is 11.1 Å². The van der Waals surface area contributed by atoms with Gasteiger partial charge in [-0.15, -0.1) is 5.10 Å². The summed E-state index contributed by atoms with van der Waals surface area (Å²) >= 11 is 1.60. The number of allylic oxidation sites excluding steroid dienone is 2. The first-order chi connectivity index (χ1) is 13.8. The van der Waals surface area contributed by atoms with Crippen LogP contribution < -0.4 is 5.32 Å². The SMILES string of the molecule is O=C1CCC=C2Nc3nc(SCc4ccccc4)nn3[C@@H](c3cccnc3)[C@H]12. The Balaban J connectivity index is 1.51. The van der Waals surface area contributed by atoms with Crippen molar-refractivity contribution in [3.8, 4) is 0 Å². The predicted molar refractivity (Wildman–Crippen MR) is 108 cm³/mol. The molecule has 28 heavy (non-hydrogen) atoms. The first kappa shape index (κ1) is 17.2. The van der Waals surface area contributed by atoms with E-state index in [0.717, 1.165) is 23.4 Å². The van der Waals surface area contributed by atoms with Crippen LogP contribution in [0.2, 0.25) is 0 Å². The maximum Gasteiger partial charge on any atom is 0.227 e. The number of hydrogen-bond donors (Lipinski definition) is 1. The van der Waals surface area contributed by atoms with Gasteiger partial charge in [-0.1, -0.05) is 54.2 Å². The number of pyridine rings is 1. The van der Waals surface area contributed by atoms with Crippen LogP contribution in [0.1, 0.15) is 30.0 Å². The van der Waals surface area contributed by atoms with Gasteiger partial charge in [0.05, 0.1) is 12.0 Å². The molecule has 0 spiro atoms. The Bertz CT molecular complexity index is 1030. The van der Waals surface area contributed by atoms with Crippen molar-refractivity contribution >= 4 is 23.5 Å². The fraction of sp³-hybridized carbons (Fsp3) is 0.238. The van der Waals surface area contributed by atoms with E-state index in [1.54, 1.807) is 18.0 Å². The van der Waals surface area contributed by atoms with Gasteiger partial charge in [-0.05, 0) is 23.6 Å². The lowest BCUT2D eigenvalue weighted by Crippen LogP contribution is -2.38. The highest BCUT2D eigenvalue weighted by molar-refractivity contribution is 7.98. The second-order valence-corrected chi connectivity index (χ2v) is 7.88. The van der Waals surface area contributed by atoms with Gasteiger partial charge in [0.25, 0.3) is 0 Å². The molecule has 2 atom stereocenters. The van der Waals surface area contributed by atoms with Crippen LogP contribution in [0, 0.1) is 5.92 Å². The Morgan fingerprint density at radius 1 is 1.18 bits per heavy atom. The van der Waals surface area contributed by atoms with Crippen LogP contribution in [0.3, 0.4) is 0 Å². The molecule has 3 aromatic rings. The summed E-state index contributed by atoms with van der Waals surface area (Å²) < 4.78 is 1.86. The summed E-state index contributed by atoms with van der Waals surface area (Å²) in [5, 5.41) is 8.79. The molecule has 140 valence electrons. The molecular formula is C21H19N5OS. The second kappa shape index (κ2) is 7.24. The number of rotatable bonds is 4. The van der Waals surface area contributed by atoms with Crippen LogP contribution in [0.4, 0.5) is 5.95 Å². The molecule has 1 N–H and O–H groups in total. The minimum Gasteiger partial charge on any atom is -0.328 e. The summed E-state index contributed by atoms with van der Waals surface area (Å²) in [6, 6.07) is 13.9. The van der Waals surface area contributed by atoms with Crippen LogP contribution in [0.15, 0.2) is 71.8 Å². The van der Waals surface area contributed by atoms with Gasteiger partial charge < -0.3 is 5.32 Å². The lowest BCUT2D eigenvalue weighted by atomic mass is 9.81. The molecule has 3 heterocycles. The molecule has 0 bridgehead atoms. The molecule has 0 saturated carbocycles. The number of carbonyl (C=O) groups is 1. The number of anilines is 1. The minimum atomic E-state index is -0.265. The zero-order chi connectivity index (χ0) is 18.9. The van der Waals surface area contributed by atoms with Gasteiger partial charge in [-0.2, -0.15) is 4.98 Å². The summed E-state index contributed by atoms with van der Waals surface area (Å²) in [7, 11) is 0. The average Bonchev–Trinajstić information content (AvgIpc) is 3.15. The van der Waals surface area contributed by atoms with E-state index >= 15 is 0 Å².